The van der Waals surface area contributed by atoms with Gasteiger partial charge in [-0.1, -0.05) is 113 Å². The van der Waals surface area contributed by atoms with Crippen LogP contribution in [0.4, 0.5) is 76.8 Å². The Balaban J connectivity index is 0.000000165. The van der Waals surface area contributed by atoms with Crippen LogP contribution in [0.25, 0.3) is 45.0 Å². The quantitative estimate of drug-likeness (QED) is 0.0123. The molecule has 20 nitrogen and oxygen atoms in total. The lowest BCUT2D eigenvalue weighted by molar-refractivity contribution is -0.116. The van der Waals surface area contributed by atoms with Gasteiger partial charge in [-0.2, -0.15) is 0 Å². The third-order valence-electron chi connectivity index (χ3n) is 15.9. The van der Waals surface area contributed by atoms with E-state index in [0.717, 1.165) is 66.3 Å². The topological polar surface area (TPSA) is 324 Å². The number of anilines is 8. The second kappa shape index (κ2) is 37.2. The fourth-order valence-corrected chi connectivity index (χ4v) is 10.5. The van der Waals surface area contributed by atoms with Crippen LogP contribution in [0.5, 0.6) is 0 Å². The number of benzene rings is 8. The minimum Gasteiger partial charge on any atom is -0.399 e. The molecule has 546 valence electrons. The van der Waals surface area contributed by atoms with Gasteiger partial charge >= 0.3 is 0 Å². The number of hydrogen-bond acceptors (Lipinski definition) is 16. The fourth-order valence-electron chi connectivity index (χ4n) is 10.2. The van der Waals surface area contributed by atoms with Crippen molar-refractivity contribution in [1.82, 2.24) is 39.9 Å². The molecule has 12 aromatic rings. The van der Waals surface area contributed by atoms with Crippen molar-refractivity contribution in [2.24, 2.45) is 0 Å². The number of aryl methyl sites for hydroxylation is 4. The van der Waals surface area contributed by atoms with Gasteiger partial charge < -0.3 is 44.2 Å². The Kier molecular flexibility index (Phi) is 27.3. The van der Waals surface area contributed by atoms with E-state index in [1.807, 2.05) is 124 Å². The minimum absolute atomic E-state index is 0.0190. The van der Waals surface area contributed by atoms with Crippen molar-refractivity contribution >= 4 is 92.2 Å². The zero-order chi connectivity index (χ0) is 76.8. The van der Waals surface area contributed by atoms with Crippen LogP contribution in [-0.2, 0) is 59.3 Å². The molecule has 0 radical (unpaired) electrons. The van der Waals surface area contributed by atoms with Crippen molar-refractivity contribution in [2.45, 2.75) is 72.6 Å². The predicted octanol–water partition coefficient (Wildman–Crippen LogP) is 15.5. The molecule has 4 heterocycles. The van der Waals surface area contributed by atoms with E-state index >= 15 is 0 Å². The van der Waals surface area contributed by atoms with Gasteiger partial charge in [-0.25, -0.2) is 70.6 Å². The largest absolute Gasteiger partial charge is 0.399 e. The Morgan fingerprint density at radius 3 is 1.00 bits per heavy atom. The summed E-state index contributed by atoms with van der Waals surface area (Å²) in [5, 5.41) is 10.7. The van der Waals surface area contributed by atoms with Crippen LogP contribution in [0.2, 0.25) is 0 Å². The first-order valence-electron chi connectivity index (χ1n) is 33.2. The minimum atomic E-state index is -2.29. The molecule has 0 aliphatic carbocycles. The maximum Gasteiger partial charge on any atom is 0.256 e. The number of nitrogens with one attached hydrogen (secondary N) is 4. The van der Waals surface area contributed by atoms with Gasteiger partial charge in [-0.05, 0) is 144 Å². The first-order chi connectivity index (χ1) is 51.4. The van der Waals surface area contributed by atoms with Gasteiger partial charge in [0.1, 0.15) is 0 Å². The first kappa shape index (κ1) is 78.5. The van der Waals surface area contributed by atoms with Gasteiger partial charge in [-0.3, -0.25) is 19.2 Å². The van der Waals surface area contributed by atoms with Crippen molar-refractivity contribution in [2.75, 3.05) is 44.2 Å². The predicted molar refractivity (Wildman–Crippen MR) is 408 cm³/mol. The summed E-state index contributed by atoms with van der Waals surface area (Å²) in [6.45, 7) is 7.62. The molecule has 0 aliphatic rings. The number of aromatic nitrogens is 8. The van der Waals surface area contributed by atoms with E-state index in [9.17, 15) is 49.9 Å². The monoisotopic (exact) mass is 1570 g/mol. The van der Waals surface area contributed by atoms with Crippen molar-refractivity contribution in [3.8, 4) is 45.0 Å². The average Bonchev–Trinajstić information content (AvgIpc) is 0.841. The molecule has 0 saturated carbocycles. The van der Waals surface area contributed by atoms with Crippen LogP contribution in [0.15, 0.2) is 195 Å². The van der Waals surface area contributed by atoms with E-state index in [4.69, 9.17) is 22.9 Å². The Bertz CT molecular complexity index is 5100. The van der Waals surface area contributed by atoms with Crippen LogP contribution in [0.1, 0.15) is 77.5 Å². The molecule has 0 aliphatic heterocycles. The maximum absolute atomic E-state index is 13.8. The number of hydrogen-bond donors (Lipinski definition) is 8. The highest BCUT2D eigenvalue weighted by atomic mass is 127. The summed E-state index contributed by atoms with van der Waals surface area (Å²) >= 11 is 2.24. The van der Waals surface area contributed by atoms with E-state index < -0.39 is 58.6 Å². The summed E-state index contributed by atoms with van der Waals surface area (Å²) in [6, 6.07) is 49.3. The second-order valence-electron chi connectivity index (χ2n) is 23.5. The summed E-state index contributed by atoms with van der Waals surface area (Å²) in [5.41, 5.74) is 34.8. The Labute approximate surface area is 624 Å². The molecular formula is C79H70F7IN16O4. The third kappa shape index (κ3) is 21.5. The summed E-state index contributed by atoms with van der Waals surface area (Å²) in [5.74, 6) is -12.9. The Hall–Kier alpha value is -12.6. The fraction of sp³-hybridized carbons (Fsp3) is 0.139. The van der Waals surface area contributed by atoms with Crippen LogP contribution in [0.3, 0.4) is 0 Å². The van der Waals surface area contributed by atoms with E-state index in [2.05, 4.69) is 83.7 Å². The number of carbonyl (C=O) groups excluding carboxylic acids is 4. The number of nitrogens with two attached hydrogens (primary N) is 4. The van der Waals surface area contributed by atoms with Crippen molar-refractivity contribution in [3.05, 3.63) is 284 Å². The molecule has 0 saturated heterocycles. The smallest absolute Gasteiger partial charge is 0.256 e. The molecule has 12 rings (SSSR count). The van der Waals surface area contributed by atoms with Crippen LogP contribution in [0, 0.1) is 44.3 Å². The molecule has 0 fully saturated rings. The van der Waals surface area contributed by atoms with Gasteiger partial charge in [0, 0.05) is 59.7 Å². The first-order valence-corrected chi connectivity index (χ1v) is 34.3. The number of rotatable bonds is 19. The SMILES string of the molecule is CCc1nc(-c2ccc(N)cc2)cnc1NC(=O)Cc1c(F)c(F)c(F)c(F)c1F.CCc1nc(-c2ccc(N)cc2)cnc1NC(=O)Cc1ccc(F)c(F)c1.CCc1nc(-c2ccc(N)cc2)cnc1NC(=O)Cc1ccc(I)cc1.CCc1nc(-c2ccc(N)cc2)cnc1NC(=O)c1ccccc1. The number of amides is 4. The summed E-state index contributed by atoms with van der Waals surface area (Å²) < 4.78 is 94.7. The molecule has 0 unspecified atom stereocenters. The number of nitrogen functional groups attached to an aromatic ring is 4. The molecule has 0 spiro atoms. The Morgan fingerprint density at radius 1 is 0.355 bits per heavy atom. The molecule has 28 heteroatoms. The van der Waals surface area contributed by atoms with Crippen LogP contribution >= 0.6 is 22.6 Å². The molecular weight excluding hydrogens is 1500 g/mol. The highest BCUT2D eigenvalue weighted by Crippen LogP contribution is 2.29. The summed E-state index contributed by atoms with van der Waals surface area (Å²) in [7, 11) is 0. The number of nitrogens with zero attached hydrogens (tertiary/aromatic N) is 8. The molecule has 12 N–H and O–H groups in total. The van der Waals surface area contributed by atoms with Crippen LogP contribution < -0.4 is 44.2 Å². The summed E-state index contributed by atoms with van der Waals surface area (Å²) in [6.07, 6.45) is 7.67. The van der Waals surface area contributed by atoms with E-state index in [1.165, 1.54) is 12.3 Å². The zero-order valence-electron chi connectivity index (χ0n) is 58.0. The van der Waals surface area contributed by atoms with Crippen molar-refractivity contribution < 1.29 is 49.9 Å². The van der Waals surface area contributed by atoms with E-state index in [1.54, 1.807) is 74.0 Å². The lowest BCUT2D eigenvalue weighted by Gasteiger charge is -2.11. The average molecular weight is 1570 g/mol. The van der Waals surface area contributed by atoms with Gasteiger partial charge in [-0.15, -0.1) is 0 Å². The normalized spacial score (nSPS) is 10.6. The Morgan fingerprint density at radius 2 is 0.664 bits per heavy atom. The lowest BCUT2D eigenvalue weighted by Crippen LogP contribution is -2.20. The van der Waals surface area contributed by atoms with E-state index in [0.29, 0.717) is 106 Å². The standard InChI is InChI=1S/C20H15F5N4O.C20H18F2N4O.C20H19IN4O.C19H18N4O/c1-2-12-20(27-8-13(28-12)9-3-5-10(26)6-4-9)29-14(30)7-11-15(21)17(23)19(25)18(24)16(11)22;1-2-17-20(24-11-18(25-17)13-4-6-14(23)7-5-13)26-19(27)10-12-3-8-15(21)16(22)9-12;1-2-17-20(25-19(26)11-13-3-7-15(21)8-4-13)23-12-18(24-17)14-5-9-16(22)10-6-14;1-2-16-18(23-19(24)14-6-4-3-5-7-14)21-12-17(22-16)13-8-10-15(20)11-9-13/h3-6,8H,2,7,26H2,1H3,(H,27,29,30);3-9,11H,2,10,23H2,1H3,(H,24,26,27);3-10,12H,2,11,22H2,1H3,(H,23,25,26);3-12H,2,20H2,1H3,(H,21,23,24). The molecule has 0 atom stereocenters. The van der Waals surface area contributed by atoms with Crippen molar-refractivity contribution in [1.29, 1.82) is 0 Å². The number of carbonyl (C=O) groups is 4. The van der Waals surface area contributed by atoms with E-state index in [-0.39, 0.29) is 30.0 Å². The highest BCUT2D eigenvalue weighted by molar-refractivity contribution is 14.1. The molecule has 4 amide bonds. The maximum atomic E-state index is 13.8. The highest BCUT2D eigenvalue weighted by Gasteiger charge is 2.28. The van der Waals surface area contributed by atoms with Gasteiger partial charge in [0.05, 0.1) is 89.6 Å². The van der Waals surface area contributed by atoms with Crippen LogP contribution in [-0.4, -0.2) is 63.5 Å². The zero-order valence-corrected chi connectivity index (χ0v) is 60.1. The molecule has 107 heavy (non-hydrogen) atoms. The van der Waals surface area contributed by atoms with Crippen molar-refractivity contribution in [3.63, 3.8) is 0 Å². The molecule has 0 bridgehead atoms. The van der Waals surface area contributed by atoms with Gasteiger partial charge in [0.25, 0.3) is 5.91 Å². The lowest BCUT2D eigenvalue weighted by atomic mass is 10.1. The van der Waals surface area contributed by atoms with Gasteiger partial charge in [0.2, 0.25) is 23.5 Å². The third-order valence-corrected chi connectivity index (χ3v) is 16.6. The molecule has 8 aromatic carbocycles. The second-order valence-corrected chi connectivity index (χ2v) is 24.8. The summed E-state index contributed by atoms with van der Waals surface area (Å²) in [4.78, 5) is 84.4. The number of halogens is 8. The van der Waals surface area contributed by atoms with Gasteiger partial charge in [0.15, 0.2) is 58.2 Å². The molecule has 4 aromatic heterocycles.